The van der Waals surface area contributed by atoms with Crippen LogP contribution in [0, 0.1) is 6.92 Å². The molecule has 0 aliphatic carbocycles. The van der Waals surface area contributed by atoms with Crippen molar-refractivity contribution < 1.29 is 19.5 Å². The van der Waals surface area contributed by atoms with E-state index in [-0.39, 0.29) is 11.5 Å². The molecule has 7 heteroatoms. The lowest BCUT2D eigenvalue weighted by Gasteiger charge is -2.15. The van der Waals surface area contributed by atoms with Gasteiger partial charge in [0.2, 0.25) is 5.91 Å². The molecule has 0 heterocycles. The number of aromatic carboxylic acids is 1. The zero-order valence-corrected chi connectivity index (χ0v) is 12.2. The highest BCUT2D eigenvalue weighted by Crippen LogP contribution is 2.16. The molecule has 1 atom stereocenters. The van der Waals surface area contributed by atoms with Crippen molar-refractivity contribution >= 4 is 23.6 Å². The molecule has 1 unspecified atom stereocenters. The summed E-state index contributed by atoms with van der Waals surface area (Å²) in [7, 11) is 0. The Hall–Kier alpha value is -2.57. The van der Waals surface area contributed by atoms with Crippen molar-refractivity contribution in [2.24, 2.45) is 0 Å². The molecule has 0 aliphatic heterocycles. The summed E-state index contributed by atoms with van der Waals surface area (Å²) >= 11 is 0. The van der Waals surface area contributed by atoms with Gasteiger partial charge in [0, 0.05) is 12.2 Å². The molecule has 0 radical (unpaired) electrons. The largest absolute Gasteiger partial charge is 0.478 e. The average Bonchev–Trinajstić information content (AvgIpc) is 2.41. The van der Waals surface area contributed by atoms with Crippen LogP contribution in [0.1, 0.15) is 29.8 Å². The Morgan fingerprint density at radius 3 is 2.52 bits per heavy atom. The summed E-state index contributed by atoms with van der Waals surface area (Å²) in [4.78, 5) is 34.2. The lowest BCUT2D eigenvalue weighted by molar-refractivity contribution is -0.122. The topological polar surface area (TPSA) is 108 Å². The Balaban J connectivity index is 2.72. The predicted molar refractivity (Wildman–Crippen MR) is 78.4 cm³/mol. The van der Waals surface area contributed by atoms with E-state index in [0.717, 1.165) is 5.56 Å². The molecule has 4 N–H and O–H groups in total. The average molecular weight is 293 g/mol. The zero-order valence-electron chi connectivity index (χ0n) is 12.2. The Bertz CT molecular complexity index is 557. The Morgan fingerprint density at radius 2 is 1.95 bits per heavy atom. The first-order valence-corrected chi connectivity index (χ1v) is 6.54. The number of carboxylic acids is 1. The summed E-state index contributed by atoms with van der Waals surface area (Å²) in [5.74, 6) is -1.36. The number of anilines is 1. The molecule has 0 saturated heterocycles. The molecule has 1 rings (SSSR count). The quantitative estimate of drug-likeness (QED) is 0.657. The maximum absolute atomic E-state index is 11.8. The highest BCUT2D eigenvalue weighted by molar-refractivity contribution is 5.96. The molecule has 1 aromatic carbocycles. The van der Waals surface area contributed by atoms with E-state index in [1.807, 2.05) is 0 Å². The minimum Gasteiger partial charge on any atom is -0.478 e. The van der Waals surface area contributed by atoms with E-state index in [0.29, 0.717) is 12.2 Å². The molecule has 1 aromatic rings. The van der Waals surface area contributed by atoms with Crippen molar-refractivity contribution in [3.63, 3.8) is 0 Å². The minimum atomic E-state index is -1.07. The van der Waals surface area contributed by atoms with Crippen LogP contribution < -0.4 is 16.0 Å². The second kappa shape index (κ2) is 7.28. The van der Waals surface area contributed by atoms with E-state index < -0.39 is 18.0 Å². The van der Waals surface area contributed by atoms with Gasteiger partial charge in [0.25, 0.3) is 0 Å². The molecular weight excluding hydrogens is 274 g/mol. The van der Waals surface area contributed by atoms with Crippen molar-refractivity contribution in [2.45, 2.75) is 26.8 Å². The summed E-state index contributed by atoms with van der Waals surface area (Å²) in [6, 6.07) is 3.17. The van der Waals surface area contributed by atoms with Crippen molar-refractivity contribution in [3.05, 3.63) is 29.3 Å². The van der Waals surface area contributed by atoms with Crippen molar-refractivity contribution in [2.75, 3.05) is 11.9 Å². The molecule has 114 valence electrons. The maximum atomic E-state index is 11.8. The van der Waals surface area contributed by atoms with E-state index >= 15 is 0 Å². The number of aryl methyl sites for hydroxylation is 1. The van der Waals surface area contributed by atoms with Gasteiger partial charge < -0.3 is 21.1 Å². The van der Waals surface area contributed by atoms with Gasteiger partial charge in [0.15, 0.2) is 0 Å². The van der Waals surface area contributed by atoms with Crippen LogP contribution in [-0.4, -0.2) is 35.6 Å². The van der Waals surface area contributed by atoms with Crippen LogP contribution in [0.3, 0.4) is 0 Å². The second-order valence-corrected chi connectivity index (χ2v) is 4.55. The van der Waals surface area contributed by atoms with Gasteiger partial charge in [-0.2, -0.15) is 0 Å². The molecule has 7 nitrogen and oxygen atoms in total. The maximum Gasteiger partial charge on any atom is 0.335 e. The summed E-state index contributed by atoms with van der Waals surface area (Å²) in [5.41, 5.74) is 1.18. The molecule has 0 spiro atoms. The van der Waals surface area contributed by atoms with Crippen LogP contribution in [0.25, 0.3) is 0 Å². The first-order valence-electron chi connectivity index (χ1n) is 6.54. The molecule has 3 amide bonds. The number of hydrogen-bond acceptors (Lipinski definition) is 3. The van der Waals surface area contributed by atoms with E-state index in [1.54, 1.807) is 26.8 Å². The lowest BCUT2D eigenvalue weighted by atomic mass is 10.1. The van der Waals surface area contributed by atoms with Crippen molar-refractivity contribution in [1.29, 1.82) is 0 Å². The van der Waals surface area contributed by atoms with Crippen LogP contribution in [0.5, 0.6) is 0 Å². The summed E-state index contributed by atoms with van der Waals surface area (Å²) < 4.78 is 0. The predicted octanol–water partition coefficient (Wildman–Crippen LogP) is 1.34. The molecule has 0 aromatic heterocycles. The summed E-state index contributed by atoms with van der Waals surface area (Å²) in [5, 5.41) is 16.5. The van der Waals surface area contributed by atoms with Crippen LogP contribution in [-0.2, 0) is 4.79 Å². The van der Waals surface area contributed by atoms with Gasteiger partial charge in [-0.1, -0.05) is 6.07 Å². The SMILES string of the molecule is CCNC(=O)C(C)NC(=O)Nc1cc(C(=O)O)ccc1C. The first-order chi connectivity index (χ1) is 9.85. The Kier molecular flexibility index (Phi) is 5.71. The van der Waals surface area contributed by atoms with Gasteiger partial charge in [-0.3, -0.25) is 4.79 Å². The van der Waals surface area contributed by atoms with Crippen LogP contribution >= 0.6 is 0 Å². The fourth-order valence-electron chi connectivity index (χ4n) is 1.64. The highest BCUT2D eigenvalue weighted by atomic mass is 16.4. The van der Waals surface area contributed by atoms with Gasteiger partial charge in [0.05, 0.1) is 5.56 Å². The van der Waals surface area contributed by atoms with Gasteiger partial charge in [-0.15, -0.1) is 0 Å². The van der Waals surface area contributed by atoms with Gasteiger partial charge >= 0.3 is 12.0 Å². The van der Waals surface area contributed by atoms with Crippen molar-refractivity contribution in [1.82, 2.24) is 10.6 Å². The smallest absolute Gasteiger partial charge is 0.335 e. The van der Waals surface area contributed by atoms with Crippen LogP contribution in [0.4, 0.5) is 10.5 Å². The monoisotopic (exact) mass is 293 g/mol. The van der Waals surface area contributed by atoms with E-state index in [4.69, 9.17) is 5.11 Å². The standard InChI is InChI=1S/C14H19N3O4/c1-4-15-12(18)9(3)16-14(21)17-11-7-10(13(19)20)6-5-8(11)2/h5-7,9H,4H2,1-3H3,(H,15,18)(H,19,20)(H2,16,17,21). The normalized spacial score (nSPS) is 11.4. The Labute approximate surface area is 122 Å². The minimum absolute atomic E-state index is 0.0766. The molecule has 0 fully saturated rings. The summed E-state index contributed by atoms with van der Waals surface area (Å²) in [6.07, 6.45) is 0. The lowest BCUT2D eigenvalue weighted by Crippen LogP contribution is -2.46. The number of likely N-dealkylation sites (N-methyl/N-ethyl adjacent to an activating group) is 1. The molecule has 0 aliphatic rings. The van der Waals surface area contributed by atoms with E-state index in [2.05, 4.69) is 16.0 Å². The van der Waals surface area contributed by atoms with Gasteiger partial charge in [-0.25, -0.2) is 9.59 Å². The third-order valence-electron chi connectivity index (χ3n) is 2.82. The number of benzene rings is 1. The van der Waals surface area contributed by atoms with Gasteiger partial charge in [0.1, 0.15) is 6.04 Å². The molecule has 21 heavy (non-hydrogen) atoms. The van der Waals surface area contributed by atoms with Crippen LogP contribution in [0.2, 0.25) is 0 Å². The van der Waals surface area contributed by atoms with Crippen LogP contribution in [0.15, 0.2) is 18.2 Å². The molecule has 0 bridgehead atoms. The second-order valence-electron chi connectivity index (χ2n) is 4.55. The highest BCUT2D eigenvalue weighted by Gasteiger charge is 2.15. The van der Waals surface area contributed by atoms with E-state index in [9.17, 15) is 14.4 Å². The molecule has 0 saturated carbocycles. The number of urea groups is 1. The van der Waals surface area contributed by atoms with Crippen molar-refractivity contribution in [3.8, 4) is 0 Å². The van der Waals surface area contributed by atoms with Gasteiger partial charge in [-0.05, 0) is 38.5 Å². The third-order valence-corrected chi connectivity index (χ3v) is 2.82. The number of rotatable bonds is 5. The number of nitrogens with one attached hydrogen (secondary N) is 3. The fraction of sp³-hybridized carbons (Fsp3) is 0.357. The number of hydrogen-bond donors (Lipinski definition) is 4. The number of carbonyl (C=O) groups excluding carboxylic acids is 2. The number of carboxylic acid groups (broad SMARTS) is 1. The number of carbonyl (C=O) groups is 3. The number of amides is 3. The first kappa shape index (κ1) is 16.5. The Morgan fingerprint density at radius 1 is 1.29 bits per heavy atom. The third kappa shape index (κ3) is 4.79. The molecular formula is C14H19N3O4. The summed E-state index contributed by atoms with van der Waals surface area (Å²) in [6.45, 7) is 5.57. The fourth-order valence-corrected chi connectivity index (χ4v) is 1.64. The zero-order chi connectivity index (χ0) is 16.0. The van der Waals surface area contributed by atoms with E-state index in [1.165, 1.54) is 12.1 Å².